The number of fused-ring (bicyclic) bond motifs is 2. The minimum atomic E-state index is 1.04. The van der Waals surface area contributed by atoms with Gasteiger partial charge in [-0.25, -0.2) is 0 Å². The smallest absolute Gasteiger partial charge is 0.0407 e. The van der Waals surface area contributed by atoms with Crippen LogP contribution in [0.1, 0.15) is 98.6 Å². The average molecular weight is 626 g/mol. The van der Waals surface area contributed by atoms with Crippen LogP contribution < -0.4 is 0 Å². The molecule has 0 atom stereocenters. The number of unbranched alkanes of at least 4 members (excludes halogenated alkanes) is 6. The summed E-state index contributed by atoms with van der Waals surface area (Å²) in [6.45, 7) is 4.52. The van der Waals surface area contributed by atoms with Crippen molar-refractivity contribution >= 4 is 37.5 Å². The van der Waals surface area contributed by atoms with Gasteiger partial charge >= 0.3 is 0 Å². The molecule has 0 radical (unpaired) electrons. The van der Waals surface area contributed by atoms with Crippen LogP contribution in [0.5, 0.6) is 0 Å². The molecule has 0 heterocycles. The fraction of sp³-hybridized carbons (Fsp3) is 0.286. The van der Waals surface area contributed by atoms with E-state index >= 15 is 0 Å². The van der Waals surface area contributed by atoms with E-state index in [4.69, 9.17) is 0 Å². The Morgan fingerprint density at radius 1 is 0.465 bits per heavy atom. The fourth-order valence-corrected chi connectivity index (χ4v) is 6.07. The van der Waals surface area contributed by atoms with E-state index in [0.717, 1.165) is 61.1 Å². The first-order valence-electron chi connectivity index (χ1n) is 16.0. The summed E-state index contributed by atoms with van der Waals surface area (Å²) in [5.74, 6) is 14.1. The maximum absolute atomic E-state index is 3.71. The summed E-state index contributed by atoms with van der Waals surface area (Å²) in [7, 11) is 0. The minimum Gasteiger partial charge on any atom is -0.0654 e. The van der Waals surface area contributed by atoms with Gasteiger partial charge < -0.3 is 0 Å². The van der Waals surface area contributed by atoms with Gasteiger partial charge in [0.15, 0.2) is 0 Å². The highest BCUT2D eigenvalue weighted by molar-refractivity contribution is 9.10. The van der Waals surface area contributed by atoms with Crippen LogP contribution in [0.15, 0.2) is 95.5 Å². The summed E-state index contributed by atoms with van der Waals surface area (Å²) >= 11 is 3.71. The van der Waals surface area contributed by atoms with Gasteiger partial charge in [-0.15, -0.1) is 0 Å². The number of benzene rings is 5. The van der Waals surface area contributed by atoms with Crippen molar-refractivity contribution in [1.82, 2.24) is 0 Å². The van der Waals surface area contributed by atoms with Gasteiger partial charge in [-0.3, -0.25) is 0 Å². The van der Waals surface area contributed by atoms with E-state index in [-0.39, 0.29) is 0 Å². The summed E-state index contributed by atoms with van der Waals surface area (Å²) in [6, 6.07) is 32.6. The zero-order valence-corrected chi connectivity index (χ0v) is 27.2. The first kappa shape index (κ1) is 30.7. The maximum Gasteiger partial charge on any atom is 0.0407 e. The highest BCUT2D eigenvalue weighted by atomic mass is 79.9. The zero-order valence-electron chi connectivity index (χ0n) is 25.6. The number of hydrogen-bond donors (Lipinski definition) is 0. The number of hydrogen-bond acceptors (Lipinski definition) is 0. The van der Waals surface area contributed by atoms with Gasteiger partial charge in [-0.2, -0.15) is 0 Å². The van der Waals surface area contributed by atoms with Crippen molar-refractivity contribution in [2.45, 2.75) is 78.1 Å². The summed E-state index contributed by atoms with van der Waals surface area (Å²) < 4.78 is 1.04. The van der Waals surface area contributed by atoms with E-state index in [1.165, 1.54) is 62.5 Å². The van der Waals surface area contributed by atoms with Gasteiger partial charge in [-0.1, -0.05) is 147 Å². The molecule has 0 aliphatic rings. The molecule has 216 valence electrons. The second-order valence-corrected chi connectivity index (χ2v) is 12.4. The Balaban J connectivity index is 1.47. The maximum atomic E-state index is 3.71. The third kappa shape index (κ3) is 8.20. The number of rotatable bonds is 10. The van der Waals surface area contributed by atoms with Crippen LogP contribution in [0, 0.1) is 23.7 Å². The summed E-state index contributed by atoms with van der Waals surface area (Å²) in [4.78, 5) is 0. The predicted octanol–water partition coefficient (Wildman–Crippen LogP) is 11.8. The van der Waals surface area contributed by atoms with Gasteiger partial charge in [0.05, 0.1) is 0 Å². The lowest BCUT2D eigenvalue weighted by Crippen LogP contribution is -1.91. The van der Waals surface area contributed by atoms with Crippen LogP contribution in [0.4, 0.5) is 0 Å². The topological polar surface area (TPSA) is 0 Å². The predicted molar refractivity (Wildman–Crippen MR) is 190 cm³/mol. The molecule has 5 aromatic rings. The number of aryl methyl sites for hydroxylation is 2. The fourth-order valence-electron chi connectivity index (χ4n) is 5.71. The summed E-state index contributed by atoms with van der Waals surface area (Å²) in [6.07, 6.45) is 12.6. The zero-order chi connectivity index (χ0) is 29.9. The monoisotopic (exact) mass is 624 g/mol. The summed E-state index contributed by atoms with van der Waals surface area (Å²) in [5.41, 5.74) is 6.98. The van der Waals surface area contributed by atoms with Crippen LogP contribution in [-0.2, 0) is 12.8 Å². The molecule has 0 aromatic heterocycles. The average Bonchev–Trinajstić information content (AvgIpc) is 3.04. The van der Waals surface area contributed by atoms with E-state index in [1.807, 2.05) is 0 Å². The first-order chi connectivity index (χ1) is 21.2. The molecule has 0 saturated heterocycles. The van der Waals surface area contributed by atoms with Crippen molar-refractivity contribution < 1.29 is 0 Å². The molecular weight excluding hydrogens is 584 g/mol. The Labute approximate surface area is 267 Å². The molecule has 43 heavy (non-hydrogen) atoms. The lowest BCUT2D eigenvalue weighted by molar-refractivity contribution is 0.667. The van der Waals surface area contributed by atoms with Crippen molar-refractivity contribution in [1.29, 1.82) is 0 Å². The van der Waals surface area contributed by atoms with Crippen LogP contribution in [0.25, 0.3) is 21.5 Å². The molecule has 0 spiro atoms. The second-order valence-electron chi connectivity index (χ2n) is 11.5. The van der Waals surface area contributed by atoms with Crippen LogP contribution in [0.2, 0.25) is 0 Å². The molecule has 0 bridgehead atoms. The highest BCUT2D eigenvalue weighted by Crippen LogP contribution is 2.34. The lowest BCUT2D eigenvalue weighted by atomic mass is 9.91. The van der Waals surface area contributed by atoms with Gasteiger partial charge in [0.1, 0.15) is 0 Å². The van der Waals surface area contributed by atoms with Gasteiger partial charge in [0, 0.05) is 32.1 Å². The molecule has 0 unspecified atom stereocenters. The van der Waals surface area contributed by atoms with Crippen molar-refractivity contribution in [3.05, 3.63) is 129 Å². The van der Waals surface area contributed by atoms with E-state index in [9.17, 15) is 0 Å². The summed E-state index contributed by atoms with van der Waals surface area (Å²) in [5, 5.41) is 4.54. The van der Waals surface area contributed by atoms with Gasteiger partial charge in [-0.05, 0) is 89.4 Å². The van der Waals surface area contributed by atoms with Crippen molar-refractivity contribution in [3.8, 4) is 23.7 Å². The Morgan fingerprint density at radius 3 is 1.42 bits per heavy atom. The largest absolute Gasteiger partial charge is 0.0654 e. The van der Waals surface area contributed by atoms with Gasteiger partial charge in [0.25, 0.3) is 0 Å². The molecule has 0 amide bonds. The van der Waals surface area contributed by atoms with Crippen LogP contribution >= 0.6 is 15.9 Å². The van der Waals surface area contributed by atoms with Crippen molar-refractivity contribution in [2.75, 3.05) is 0 Å². The molecule has 0 fully saturated rings. The lowest BCUT2D eigenvalue weighted by Gasteiger charge is -2.11. The van der Waals surface area contributed by atoms with Crippen LogP contribution in [0.3, 0.4) is 0 Å². The Hall–Kier alpha value is -3.78. The third-order valence-electron chi connectivity index (χ3n) is 8.20. The van der Waals surface area contributed by atoms with E-state index in [2.05, 4.69) is 144 Å². The molecule has 0 N–H and O–H groups in total. The molecule has 0 aliphatic carbocycles. The van der Waals surface area contributed by atoms with E-state index < -0.39 is 0 Å². The Morgan fingerprint density at radius 2 is 0.930 bits per heavy atom. The molecule has 5 aromatic carbocycles. The normalized spacial score (nSPS) is 10.8. The SMILES string of the molecule is CCCCCCc1ccc(C#Cc2c3ccccc3c(C#Cc3ccc(CCCCCC)cc3)c3cc(Br)ccc23)cc1. The number of halogens is 1. The van der Waals surface area contributed by atoms with Crippen molar-refractivity contribution in [2.24, 2.45) is 0 Å². The van der Waals surface area contributed by atoms with Crippen molar-refractivity contribution in [3.63, 3.8) is 0 Å². The molecule has 5 rings (SSSR count). The first-order valence-corrected chi connectivity index (χ1v) is 16.8. The standard InChI is InChI=1S/C42H41Br/c1-3-5-7-9-13-32-17-21-34(22-18-32)25-28-39-37-15-11-12-16-38(37)40(42-31-36(43)27-30-41(39)42)29-26-35-23-19-33(20-24-35)14-10-8-6-4-2/h11-12,15-24,27,30-31H,3-10,13-14H2,1-2H3. The molecule has 0 nitrogen and oxygen atoms in total. The minimum absolute atomic E-state index is 1.04. The quantitative estimate of drug-likeness (QED) is 0.0823. The van der Waals surface area contributed by atoms with Gasteiger partial charge in [0.2, 0.25) is 0 Å². The molecule has 0 saturated carbocycles. The highest BCUT2D eigenvalue weighted by Gasteiger charge is 2.12. The van der Waals surface area contributed by atoms with E-state index in [0.29, 0.717) is 0 Å². The second kappa shape index (κ2) is 15.6. The Kier molecular flexibility index (Phi) is 11.1. The van der Waals surface area contributed by atoms with E-state index in [1.54, 1.807) is 0 Å². The third-order valence-corrected chi connectivity index (χ3v) is 8.69. The molecule has 1 heteroatoms. The Bertz CT molecular complexity index is 1780. The molecular formula is C42H41Br. The molecule has 0 aliphatic heterocycles. The van der Waals surface area contributed by atoms with Crippen LogP contribution in [-0.4, -0.2) is 0 Å².